The van der Waals surface area contributed by atoms with Crippen LogP contribution >= 0.6 is 0 Å². The summed E-state index contributed by atoms with van der Waals surface area (Å²) < 4.78 is 0. The van der Waals surface area contributed by atoms with Gasteiger partial charge in [0.1, 0.15) is 5.78 Å². The van der Waals surface area contributed by atoms with E-state index in [-0.39, 0.29) is 23.7 Å². The SMILES string of the molecule is C[C@@H]1C(=O)Cc2cc(C(=O)NCCC3CC3)ccc2N[C@@H]1C. The third-order valence-corrected chi connectivity index (χ3v) is 4.91. The van der Waals surface area contributed by atoms with Gasteiger partial charge in [-0.05, 0) is 43.0 Å². The average Bonchev–Trinajstić information content (AvgIpc) is 3.31. The van der Waals surface area contributed by atoms with Gasteiger partial charge in [0.05, 0.1) is 0 Å². The lowest BCUT2D eigenvalue weighted by atomic mass is 9.96. The summed E-state index contributed by atoms with van der Waals surface area (Å²) in [4.78, 5) is 24.4. The van der Waals surface area contributed by atoms with Crippen LogP contribution in [0.15, 0.2) is 18.2 Å². The first-order chi connectivity index (χ1) is 10.5. The van der Waals surface area contributed by atoms with Gasteiger partial charge in [-0.1, -0.05) is 19.8 Å². The number of carbonyl (C=O) groups excluding carboxylic acids is 2. The fraction of sp³-hybridized carbons (Fsp3) is 0.556. The summed E-state index contributed by atoms with van der Waals surface area (Å²) in [5.41, 5.74) is 2.54. The van der Waals surface area contributed by atoms with Gasteiger partial charge in [-0.2, -0.15) is 0 Å². The Hall–Kier alpha value is -1.84. The summed E-state index contributed by atoms with van der Waals surface area (Å²) >= 11 is 0. The van der Waals surface area contributed by atoms with Gasteiger partial charge in [0, 0.05) is 36.2 Å². The first-order valence-electron chi connectivity index (χ1n) is 8.25. The summed E-state index contributed by atoms with van der Waals surface area (Å²) in [5, 5.41) is 6.36. The van der Waals surface area contributed by atoms with Crippen LogP contribution < -0.4 is 10.6 Å². The van der Waals surface area contributed by atoms with Gasteiger partial charge >= 0.3 is 0 Å². The van der Waals surface area contributed by atoms with Crippen LogP contribution in [0, 0.1) is 11.8 Å². The highest BCUT2D eigenvalue weighted by molar-refractivity contribution is 5.96. The van der Waals surface area contributed by atoms with Gasteiger partial charge in [0.15, 0.2) is 0 Å². The number of nitrogens with one attached hydrogen (secondary N) is 2. The van der Waals surface area contributed by atoms with Crippen LogP contribution in [0.25, 0.3) is 0 Å². The lowest BCUT2D eigenvalue weighted by Crippen LogP contribution is -2.27. The predicted octanol–water partition coefficient (Wildman–Crippen LogP) is 2.78. The maximum Gasteiger partial charge on any atom is 0.251 e. The van der Waals surface area contributed by atoms with Crippen LogP contribution in [0.1, 0.15) is 49.0 Å². The predicted molar refractivity (Wildman–Crippen MR) is 87.1 cm³/mol. The van der Waals surface area contributed by atoms with Crippen molar-refractivity contribution < 1.29 is 9.59 Å². The number of fused-ring (bicyclic) bond motifs is 1. The van der Waals surface area contributed by atoms with Crippen molar-refractivity contribution in [1.29, 1.82) is 0 Å². The lowest BCUT2D eigenvalue weighted by molar-refractivity contribution is -0.121. The van der Waals surface area contributed by atoms with Crippen molar-refractivity contribution >= 4 is 17.4 Å². The van der Waals surface area contributed by atoms with Crippen LogP contribution in [0.3, 0.4) is 0 Å². The molecule has 0 unspecified atom stereocenters. The molecule has 0 radical (unpaired) electrons. The van der Waals surface area contributed by atoms with E-state index in [0.29, 0.717) is 12.0 Å². The summed E-state index contributed by atoms with van der Waals surface area (Å²) in [6.45, 7) is 4.72. The number of hydrogen-bond donors (Lipinski definition) is 2. The average molecular weight is 300 g/mol. The molecule has 22 heavy (non-hydrogen) atoms. The van der Waals surface area contributed by atoms with Crippen molar-refractivity contribution in [3.63, 3.8) is 0 Å². The molecule has 0 spiro atoms. The molecular weight excluding hydrogens is 276 g/mol. The molecule has 1 aromatic carbocycles. The molecule has 1 aromatic rings. The minimum Gasteiger partial charge on any atom is -0.382 e. The summed E-state index contributed by atoms with van der Waals surface area (Å²) in [6.07, 6.45) is 4.08. The van der Waals surface area contributed by atoms with E-state index in [1.165, 1.54) is 12.8 Å². The molecule has 2 N–H and O–H groups in total. The number of ketones is 1. The number of amides is 1. The monoisotopic (exact) mass is 300 g/mol. The highest BCUT2D eigenvalue weighted by Crippen LogP contribution is 2.31. The number of benzene rings is 1. The zero-order valence-corrected chi connectivity index (χ0v) is 13.3. The molecule has 1 aliphatic carbocycles. The molecule has 2 aliphatic rings. The van der Waals surface area contributed by atoms with E-state index in [9.17, 15) is 9.59 Å². The topological polar surface area (TPSA) is 58.2 Å². The Morgan fingerprint density at radius 1 is 1.32 bits per heavy atom. The smallest absolute Gasteiger partial charge is 0.251 e. The van der Waals surface area contributed by atoms with Crippen molar-refractivity contribution in [2.24, 2.45) is 11.8 Å². The Bertz CT molecular complexity index is 593. The minimum absolute atomic E-state index is 0.0109. The zero-order valence-electron chi connectivity index (χ0n) is 13.3. The van der Waals surface area contributed by atoms with Gasteiger partial charge in [0.25, 0.3) is 5.91 Å². The van der Waals surface area contributed by atoms with E-state index in [4.69, 9.17) is 0 Å². The van der Waals surface area contributed by atoms with Crippen molar-refractivity contribution in [3.8, 4) is 0 Å². The van der Waals surface area contributed by atoms with E-state index in [0.717, 1.165) is 30.1 Å². The van der Waals surface area contributed by atoms with Gasteiger partial charge in [-0.25, -0.2) is 0 Å². The molecule has 2 atom stereocenters. The van der Waals surface area contributed by atoms with Crippen LogP contribution in [0.5, 0.6) is 0 Å². The molecule has 0 bridgehead atoms. The number of hydrogen-bond acceptors (Lipinski definition) is 3. The highest BCUT2D eigenvalue weighted by Gasteiger charge is 2.26. The third kappa shape index (κ3) is 3.32. The standard InChI is InChI=1S/C18H24N2O2/c1-11-12(2)20-16-6-5-14(9-15(16)10-17(11)21)18(22)19-8-7-13-3-4-13/h5-6,9,11-13,20H,3-4,7-8,10H2,1-2H3,(H,19,22)/t11-,12+/m0/s1. The van der Waals surface area contributed by atoms with Gasteiger partial charge in [0.2, 0.25) is 0 Å². The first-order valence-corrected chi connectivity index (χ1v) is 8.25. The normalized spacial score (nSPS) is 24.2. The lowest BCUT2D eigenvalue weighted by Gasteiger charge is -2.17. The van der Waals surface area contributed by atoms with E-state index >= 15 is 0 Å². The summed E-state index contributed by atoms with van der Waals surface area (Å²) in [5.74, 6) is 0.992. The number of anilines is 1. The van der Waals surface area contributed by atoms with Crippen molar-refractivity contribution in [1.82, 2.24) is 5.32 Å². The fourth-order valence-electron chi connectivity index (χ4n) is 2.92. The molecule has 3 rings (SSSR count). The number of carbonyl (C=O) groups is 2. The first kappa shape index (κ1) is 15.1. The maximum atomic E-state index is 12.2. The zero-order chi connectivity index (χ0) is 15.7. The molecule has 0 saturated heterocycles. The van der Waals surface area contributed by atoms with E-state index in [2.05, 4.69) is 10.6 Å². The largest absolute Gasteiger partial charge is 0.382 e. The van der Waals surface area contributed by atoms with E-state index in [1.54, 1.807) is 0 Å². The molecular formula is C18H24N2O2. The quantitative estimate of drug-likeness (QED) is 0.899. The molecule has 1 heterocycles. The molecule has 4 nitrogen and oxygen atoms in total. The van der Waals surface area contributed by atoms with Gasteiger partial charge in [-0.15, -0.1) is 0 Å². The van der Waals surface area contributed by atoms with E-state index < -0.39 is 0 Å². The summed E-state index contributed by atoms with van der Waals surface area (Å²) in [6, 6.07) is 5.74. The van der Waals surface area contributed by atoms with Crippen molar-refractivity contribution in [3.05, 3.63) is 29.3 Å². The molecule has 118 valence electrons. The van der Waals surface area contributed by atoms with Crippen molar-refractivity contribution in [2.45, 2.75) is 45.6 Å². The number of Topliss-reactive ketones (excluding diaryl/α,β-unsaturated/α-hetero) is 1. The van der Waals surface area contributed by atoms with Crippen LogP contribution in [0.2, 0.25) is 0 Å². The minimum atomic E-state index is -0.0405. The van der Waals surface area contributed by atoms with Gasteiger partial charge in [-0.3, -0.25) is 9.59 Å². The molecule has 1 saturated carbocycles. The number of rotatable bonds is 4. The Morgan fingerprint density at radius 3 is 2.82 bits per heavy atom. The molecule has 0 aromatic heterocycles. The Labute approximate surface area is 131 Å². The molecule has 4 heteroatoms. The van der Waals surface area contributed by atoms with Crippen LogP contribution in [0.4, 0.5) is 5.69 Å². The fourth-order valence-corrected chi connectivity index (χ4v) is 2.92. The molecule has 1 aliphatic heterocycles. The van der Waals surface area contributed by atoms with E-state index in [1.807, 2.05) is 32.0 Å². The summed E-state index contributed by atoms with van der Waals surface area (Å²) in [7, 11) is 0. The Morgan fingerprint density at radius 2 is 2.09 bits per heavy atom. The second kappa shape index (κ2) is 6.11. The molecule has 1 amide bonds. The Kier molecular flexibility index (Phi) is 4.19. The second-order valence-electron chi connectivity index (χ2n) is 6.72. The van der Waals surface area contributed by atoms with Crippen LogP contribution in [-0.2, 0) is 11.2 Å². The van der Waals surface area contributed by atoms with Crippen LogP contribution in [-0.4, -0.2) is 24.3 Å². The molecule has 1 fully saturated rings. The van der Waals surface area contributed by atoms with Gasteiger partial charge < -0.3 is 10.6 Å². The highest BCUT2D eigenvalue weighted by atomic mass is 16.1. The Balaban J connectivity index is 1.71. The van der Waals surface area contributed by atoms with Crippen molar-refractivity contribution in [2.75, 3.05) is 11.9 Å². The maximum absolute atomic E-state index is 12.2. The second-order valence-corrected chi connectivity index (χ2v) is 6.72. The third-order valence-electron chi connectivity index (χ3n) is 4.91.